The van der Waals surface area contributed by atoms with Gasteiger partial charge in [0, 0.05) is 0 Å². The van der Waals surface area contributed by atoms with Crippen molar-refractivity contribution >= 4 is 0 Å². The molecule has 3 rings (SSSR count). The number of tetrazole rings is 1. The summed E-state index contributed by atoms with van der Waals surface area (Å²) in [4.78, 5) is 5.27. The molecule has 86 valence electrons. The topological polar surface area (TPSA) is 93.4 Å². The highest BCUT2D eigenvalue weighted by Crippen LogP contribution is 2.12. The largest absolute Gasteiger partial charge is 0.451 e. The van der Waals surface area contributed by atoms with Crippen LogP contribution in [0.15, 0.2) is 41.3 Å². The van der Waals surface area contributed by atoms with Gasteiger partial charge in [0.1, 0.15) is 12.0 Å². The van der Waals surface area contributed by atoms with Crippen LogP contribution in [0.5, 0.6) is 0 Å². The third kappa shape index (κ3) is 1.72. The van der Waals surface area contributed by atoms with Crippen LogP contribution in [0, 0.1) is 11.3 Å². The summed E-state index contributed by atoms with van der Waals surface area (Å²) >= 11 is 0. The lowest BCUT2D eigenvalue weighted by molar-refractivity contribution is 0.558. The average Bonchev–Trinajstić information content (AvgIpc) is 3.09. The molecular formula is C11H6N6O. The van der Waals surface area contributed by atoms with E-state index >= 15 is 0 Å². The molecule has 0 fully saturated rings. The Morgan fingerprint density at radius 2 is 2.28 bits per heavy atom. The van der Waals surface area contributed by atoms with Crippen molar-refractivity contribution in [3.63, 3.8) is 0 Å². The molecule has 2 aromatic heterocycles. The van der Waals surface area contributed by atoms with Gasteiger partial charge in [-0.2, -0.15) is 5.26 Å². The molecule has 2 heterocycles. The van der Waals surface area contributed by atoms with E-state index < -0.39 is 0 Å². The van der Waals surface area contributed by atoms with E-state index in [0.29, 0.717) is 22.8 Å². The fraction of sp³-hybridized carbons (Fsp3) is 0. The maximum atomic E-state index is 8.83. The lowest BCUT2D eigenvalue weighted by Crippen LogP contribution is -1.99. The van der Waals surface area contributed by atoms with Crippen LogP contribution in [-0.2, 0) is 0 Å². The molecule has 3 aromatic rings. The molecule has 18 heavy (non-hydrogen) atoms. The molecule has 0 spiro atoms. The van der Waals surface area contributed by atoms with Crippen molar-refractivity contribution in [2.75, 3.05) is 0 Å². The number of nitrogens with zero attached hydrogens (tertiary/aromatic N) is 6. The van der Waals surface area contributed by atoms with Gasteiger partial charge in [-0.15, -0.1) is 15.0 Å². The molecule has 0 aliphatic carbocycles. The number of nitriles is 1. The number of rotatable bonds is 2. The van der Waals surface area contributed by atoms with Crippen LogP contribution in [0.3, 0.4) is 0 Å². The van der Waals surface area contributed by atoms with Crippen molar-refractivity contribution in [2.45, 2.75) is 0 Å². The van der Waals surface area contributed by atoms with E-state index in [4.69, 9.17) is 9.68 Å². The normalized spacial score (nSPS) is 10.2. The first-order valence-electron chi connectivity index (χ1n) is 5.06. The smallest absolute Gasteiger partial charge is 0.226 e. The van der Waals surface area contributed by atoms with Gasteiger partial charge in [0.25, 0.3) is 0 Å². The van der Waals surface area contributed by atoms with Gasteiger partial charge in [-0.05, 0) is 23.4 Å². The third-order valence-electron chi connectivity index (χ3n) is 2.28. The van der Waals surface area contributed by atoms with Gasteiger partial charge in [-0.3, -0.25) is 0 Å². The van der Waals surface area contributed by atoms with Crippen LogP contribution < -0.4 is 0 Å². The van der Waals surface area contributed by atoms with Gasteiger partial charge < -0.3 is 4.42 Å². The van der Waals surface area contributed by atoms with Gasteiger partial charge in [-0.25, -0.2) is 4.98 Å². The van der Waals surface area contributed by atoms with Crippen LogP contribution in [0.4, 0.5) is 0 Å². The Morgan fingerprint density at radius 1 is 1.33 bits per heavy atom. The van der Waals surface area contributed by atoms with Crippen molar-refractivity contribution < 1.29 is 4.42 Å². The van der Waals surface area contributed by atoms with Crippen molar-refractivity contribution in [3.8, 4) is 23.3 Å². The molecule has 1 aromatic carbocycles. The molecule has 0 saturated carbocycles. The van der Waals surface area contributed by atoms with E-state index in [1.807, 2.05) is 0 Å². The van der Waals surface area contributed by atoms with Crippen LogP contribution in [0.25, 0.3) is 17.2 Å². The van der Waals surface area contributed by atoms with Gasteiger partial charge in [0.15, 0.2) is 6.39 Å². The monoisotopic (exact) mass is 238 g/mol. The van der Waals surface area contributed by atoms with Crippen molar-refractivity contribution in [3.05, 3.63) is 42.5 Å². The highest BCUT2D eigenvalue weighted by atomic mass is 16.3. The Kier molecular flexibility index (Phi) is 2.32. The minimum atomic E-state index is 0.367. The fourth-order valence-corrected chi connectivity index (χ4v) is 1.45. The van der Waals surface area contributed by atoms with Crippen LogP contribution in [0.2, 0.25) is 0 Å². The Bertz CT molecular complexity index is 709. The highest BCUT2D eigenvalue weighted by molar-refractivity contribution is 5.45. The number of hydrogen-bond donors (Lipinski definition) is 0. The Labute approximate surface area is 101 Å². The summed E-state index contributed by atoms with van der Waals surface area (Å²) in [5.74, 6) is 0.367. The zero-order valence-corrected chi connectivity index (χ0v) is 9.06. The van der Waals surface area contributed by atoms with E-state index in [1.54, 1.807) is 24.3 Å². The molecule has 0 aliphatic heterocycles. The summed E-state index contributed by atoms with van der Waals surface area (Å²) in [7, 11) is 0. The summed E-state index contributed by atoms with van der Waals surface area (Å²) in [6.07, 6.45) is 2.74. The molecule has 0 saturated heterocycles. The van der Waals surface area contributed by atoms with E-state index in [1.165, 1.54) is 17.5 Å². The van der Waals surface area contributed by atoms with Gasteiger partial charge in [0.2, 0.25) is 5.82 Å². The molecule has 0 radical (unpaired) electrons. The molecule has 0 aliphatic rings. The molecule has 0 amide bonds. The maximum Gasteiger partial charge on any atom is 0.226 e. The lowest BCUT2D eigenvalue weighted by atomic mass is 10.2. The number of benzene rings is 1. The zero-order chi connectivity index (χ0) is 12.4. The first-order valence-corrected chi connectivity index (χ1v) is 5.06. The maximum absolute atomic E-state index is 8.83. The number of oxazole rings is 1. The van der Waals surface area contributed by atoms with Gasteiger partial charge in [0.05, 0.1) is 17.3 Å². The molecule has 0 bridgehead atoms. The second-order valence-electron chi connectivity index (χ2n) is 3.44. The van der Waals surface area contributed by atoms with E-state index in [0.717, 1.165) is 0 Å². The predicted molar refractivity (Wildman–Crippen MR) is 59.4 cm³/mol. The van der Waals surface area contributed by atoms with Crippen LogP contribution >= 0.6 is 0 Å². The van der Waals surface area contributed by atoms with E-state index in [9.17, 15) is 0 Å². The summed E-state index contributed by atoms with van der Waals surface area (Å²) in [5, 5.41) is 20.8. The quantitative estimate of drug-likeness (QED) is 0.665. The Balaban J connectivity index is 2.01. The fourth-order valence-electron chi connectivity index (χ4n) is 1.45. The standard InChI is InChI=1S/C11H6N6O/c12-5-8-2-1-3-9(4-8)17-15-11(14-16-17)10-6-18-7-13-10/h1-4,6-7H. The third-order valence-corrected chi connectivity index (χ3v) is 2.28. The second kappa shape index (κ2) is 4.10. The highest BCUT2D eigenvalue weighted by Gasteiger charge is 2.09. The summed E-state index contributed by atoms with van der Waals surface area (Å²) in [6, 6.07) is 8.98. The van der Waals surface area contributed by atoms with E-state index in [2.05, 4.69) is 26.5 Å². The SMILES string of the molecule is N#Cc1cccc(-n2nnc(-c3cocn3)n2)c1. The minimum absolute atomic E-state index is 0.367. The first kappa shape index (κ1) is 10.2. The Morgan fingerprint density at radius 3 is 3.06 bits per heavy atom. The predicted octanol–water partition coefficient (Wildman–Crippen LogP) is 1.19. The zero-order valence-electron chi connectivity index (χ0n) is 9.06. The van der Waals surface area contributed by atoms with Crippen molar-refractivity contribution in [1.82, 2.24) is 25.2 Å². The summed E-state index contributed by atoms with van der Waals surface area (Å²) in [6.45, 7) is 0. The van der Waals surface area contributed by atoms with Crippen molar-refractivity contribution in [1.29, 1.82) is 5.26 Å². The van der Waals surface area contributed by atoms with Crippen LogP contribution in [-0.4, -0.2) is 25.2 Å². The average molecular weight is 238 g/mol. The molecular weight excluding hydrogens is 232 g/mol. The van der Waals surface area contributed by atoms with Gasteiger partial charge >= 0.3 is 0 Å². The molecule has 0 atom stereocenters. The number of aromatic nitrogens is 5. The summed E-state index contributed by atoms with van der Waals surface area (Å²) < 4.78 is 4.85. The molecule has 0 unspecified atom stereocenters. The van der Waals surface area contributed by atoms with Crippen LogP contribution in [0.1, 0.15) is 5.56 Å². The summed E-state index contributed by atoms with van der Waals surface area (Å²) in [5.41, 5.74) is 1.71. The molecule has 7 heteroatoms. The number of hydrogen-bond acceptors (Lipinski definition) is 6. The van der Waals surface area contributed by atoms with Crippen molar-refractivity contribution in [2.24, 2.45) is 0 Å². The molecule has 0 N–H and O–H groups in total. The molecule has 7 nitrogen and oxygen atoms in total. The minimum Gasteiger partial charge on any atom is -0.451 e. The van der Waals surface area contributed by atoms with E-state index in [-0.39, 0.29) is 0 Å². The first-order chi connectivity index (χ1) is 8.86. The van der Waals surface area contributed by atoms with Gasteiger partial charge in [-0.1, -0.05) is 6.07 Å². The Hall–Kier alpha value is -3.01. The second-order valence-corrected chi connectivity index (χ2v) is 3.44. The lowest BCUT2D eigenvalue weighted by Gasteiger charge is -1.97.